The molecule has 0 saturated carbocycles. The fourth-order valence-electron chi connectivity index (χ4n) is 3.92. The molecule has 2 aliphatic heterocycles. The van der Waals surface area contributed by atoms with Crippen LogP contribution in [0.5, 0.6) is 0 Å². The Balaban J connectivity index is 1.55. The number of piperidine rings is 1. The van der Waals surface area contributed by atoms with Gasteiger partial charge in [-0.3, -0.25) is 9.59 Å². The Morgan fingerprint density at radius 2 is 2.04 bits per heavy atom. The van der Waals surface area contributed by atoms with Gasteiger partial charge in [-0.25, -0.2) is 4.79 Å². The van der Waals surface area contributed by atoms with Crippen molar-refractivity contribution >= 4 is 23.2 Å². The number of amides is 1. The molecule has 0 bridgehead atoms. The summed E-state index contributed by atoms with van der Waals surface area (Å²) in [7, 11) is 0. The van der Waals surface area contributed by atoms with Crippen LogP contribution in [0, 0.1) is 6.92 Å². The number of likely N-dealkylation sites (tertiary alicyclic amines) is 1. The van der Waals surface area contributed by atoms with Crippen LogP contribution in [0.1, 0.15) is 49.0 Å². The molecule has 0 aliphatic carbocycles. The largest absolute Gasteiger partial charge is 0.477 e. The van der Waals surface area contributed by atoms with E-state index < -0.39 is 11.6 Å². The molecule has 142 valence electrons. The topological polar surface area (TPSA) is 99.7 Å². The van der Waals surface area contributed by atoms with Crippen LogP contribution in [-0.2, 0) is 16.8 Å². The third-order valence-electron chi connectivity index (χ3n) is 5.36. The van der Waals surface area contributed by atoms with Gasteiger partial charge in [-0.2, -0.15) is 0 Å². The predicted molar refractivity (Wildman–Crippen MR) is 99.5 cm³/mol. The van der Waals surface area contributed by atoms with Crippen molar-refractivity contribution in [3.05, 3.63) is 55.1 Å². The molecule has 2 aliphatic rings. The van der Waals surface area contributed by atoms with Gasteiger partial charge in [0.1, 0.15) is 10.4 Å². The molecule has 2 aromatic rings. The number of carboxylic acids is 1. The zero-order chi connectivity index (χ0) is 19.2. The fraction of sp³-hybridized carbons (Fsp3) is 0.421. The SMILES string of the molecule is Cc1ccc(C(=O)N2CCC3(CC2)OCCc2sc(C(=O)O)cc23)c(=O)[nH]1. The number of H-pyrrole nitrogens is 1. The zero-order valence-electron chi connectivity index (χ0n) is 14.9. The summed E-state index contributed by atoms with van der Waals surface area (Å²) in [6, 6.07) is 5.01. The van der Waals surface area contributed by atoms with Crippen LogP contribution in [0.25, 0.3) is 0 Å². The van der Waals surface area contributed by atoms with E-state index in [2.05, 4.69) is 4.98 Å². The average Bonchev–Trinajstić information content (AvgIpc) is 3.08. The van der Waals surface area contributed by atoms with E-state index in [-0.39, 0.29) is 17.0 Å². The number of thiophene rings is 1. The Morgan fingerprint density at radius 3 is 2.70 bits per heavy atom. The first-order valence-electron chi connectivity index (χ1n) is 8.89. The number of hydrogen-bond acceptors (Lipinski definition) is 5. The van der Waals surface area contributed by atoms with E-state index in [1.165, 1.54) is 11.3 Å². The molecule has 4 rings (SSSR count). The summed E-state index contributed by atoms with van der Waals surface area (Å²) in [6.07, 6.45) is 1.90. The number of carbonyl (C=O) groups is 2. The molecule has 0 radical (unpaired) electrons. The highest BCUT2D eigenvalue weighted by atomic mass is 32.1. The maximum absolute atomic E-state index is 12.7. The Labute approximate surface area is 159 Å². The van der Waals surface area contributed by atoms with Crippen molar-refractivity contribution in [2.45, 2.75) is 31.8 Å². The van der Waals surface area contributed by atoms with Crippen molar-refractivity contribution in [3.63, 3.8) is 0 Å². The van der Waals surface area contributed by atoms with Gasteiger partial charge in [0.25, 0.3) is 11.5 Å². The van der Waals surface area contributed by atoms with Gasteiger partial charge in [-0.1, -0.05) is 0 Å². The molecule has 0 unspecified atom stereocenters. The first-order valence-corrected chi connectivity index (χ1v) is 9.71. The average molecular weight is 388 g/mol. The summed E-state index contributed by atoms with van der Waals surface area (Å²) in [5, 5.41) is 9.29. The number of hydrogen-bond donors (Lipinski definition) is 2. The lowest BCUT2D eigenvalue weighted by molar-refractivity contribution is -0.0926. The van der Waals surface area contributed by atoms with Crippen LogP contribution in [0.2, 0.25) is 0 Å². The maximum Gasteiger partial charge on any atom is 0.345 e. The lowest BCUT2D eigenvalue weighted by atomic mass is 9.82. The summed E-state index contributed by atoms with van der Waals surface area (Å²) in [5.74, 6) is -1.20. The highest BCUT2D eigenvalue weighted by Crippen LogP contribution is 2.44. The summed E-state index contributed by atoms with van der Waals surface area (Å²) in [4.78, 5) is 41.9. The number of carbonyl (C=O) groups excluding carboxylic acids is 1. The molecule has 7 nitrogen and oxygen atoms in total. The standard InChI is InChI=1S/C19H20N2O5S/c1-11-2-3-12(16(22)20-11)17(23)21-7-5-19(6-8-21)13-10-15(18(24)25)27-14(13)4-9-26-19/h2-3,10H,4-9H2,1H3,(H,20,22)(H,24,25). The smallest absolute Gasteiger partial charge is 0.345 e. The van der Waals surface area contributed by atoms with E-state index in [1.807, 2.05) is 0 Å². The number of fused-ring (bicyclic) bond motifs is 2. The van der Waals surface area contributed by atoms with Gasteiger partial charge in [0.05, 0.1) is 12.2 Å². The van der Waals surface area contributed by atoms with E-state index in [9.17, 15) is 19.5 Å². The highest BCUT2D eigenvalue weighted by Gasteiger charge is 2.43. The van der Waals surface area contributed by atoms with E-state index >= 15 is 0 Å². The van der Waals surface area contributed by atoms with Gasteiger partial charge in [-0.05, 0) is 43.5 Å². The number of rotatable bonds is 2. The van der Waals surface area contributed by atoms with Crippen molar-refractivity contribution < 1.29 is 19.4 Å². The van der Waals surface area contributed by atoms with E-state index in [4.69, 9.17) is 4.74 Å². The van der Waals surface area contributed by atoms with Crippen molar-refractivity contribution in [2.75, 3.05) is 19.7 Å². The number of aromatic nitrogens is 1. The second-order valence-electron chi connectivity index (χ2n) is 7.02. The molecule has 1 amide bonds. The molecule has 2 aromatic heterocycles. The Morgan fingerprint density at radius 1 is 1.30 bits per heavy atom. The molecule has 8 heteroatoms. The number of carboxylic acid groups (broad SMARTS) is 1. The van der Waals surface area contributed by atoms with E-state index in [1.54, 1.807) is 30.0 Å². The quantitative estimate of drug-likeness (QED) is 0.821. The summed E-state index contributed by atoms with van der Waals surface area (Å²) < 4.78 is 6.11. The Kier molecular flexibility index (Phi) is 4.39. The van der Waals surface area contributed by atoms with Crippen LogP contribution in [0.15, 0.2) is 23.0 Å². The van der Waals surface area contributed by atoms with Gasteiger partial charge in [-0.15, -0.1) is 11.3 Å². The first kappa shape index (κ1) is 17.9. The molecule has 4 heterocycles. The molecule has 27 heavy (non-hydrogen) atoms. The normalized spacial score (nSPS) is 18.3. The van der Waals surface area contributed by atoms with Crippen LogP contribution in [0.4, 0.5) is 0 Å². The lowest BCUT2D eigenvalue weighted by Gasteiger charge is -2.44. The molecule has 0 aromatic carbocycles. The number of nitrogens with zero attached hydrogens (tertiary/aromatic N) is 1. The lowest BCUT2D eigenvalue weighted by Crippen LogP contribution is -2.48. The van der Waals surface area contributed by atoms with E-state index in [0.29, 0.717) is 43.1 Å². The molecule has 2 N–H and O–H groups in total. The maximum atomic E-state index is 12.7. The molecule has 1 saturated heterocycles. The van der Waals surface area contributed by atoms with Gasteiger partial charge >= 0.3 is 5.97 Å². The van der Waals surface area contributed by atoms with Crippen molar-refractivity contribution in [2.24, 2.45) is 0 Å². The molecular formula is C19H20N2O5S. The van der Waals surface area contributed by atoms with Crippen molar-refractivity contribution in [3.8, 4) is 0 Å². The molecular weight excluding hydrogens is 368 g/mol. The molecule has 1 fully saturated rings. The predicted octanol–water partition coefficient (Wildman–Crippen LogP) is 2.15. The van der Waals surface area contributed by atoms with Crippen LogP contribution < -0.4 is 5.56 Å². The minimum Gasteiger partial charge on any atom is -0.477 e. The van der Waals surface area contributed by atoms with Crippen LogP contribution in [-0.4, -0.2) is 46.6 Å². The minimum atomic E-state index is -0.921. The third kappa shape index (κ3) is 3.08. The second kappa shape index (κ2) is 6.61. The van der Waals surface area contributed by atoms with Crippen LogP contribution >= 0.6 is 11.3 Å². The second-order valence-corrected chi connectivity index (χ2v) is 8.16. The first-order chi connectivity index (χ1) is 12.9. The minimum absolute atomic E-state index is 0.144. The van der Waals surface area contributed by atoms with Crippen LogP contribution in [0.3, 0.4) is 0 Å². The van der Waals surface area contributed by atoms with Gasteiger partial charge in [0, 0.05) is 30.1 Å². The molecule has 1 spiro atoms. The Bertz CT molecular complexity index is 969. The van der Waals surface area contributed by atoms with Gasteiger partial charge in [0.15, 0.2) is 0 Å². The van der Waals surface area contributed by atoms with Gasteiger partial charge in [0.2, 0.25) is 0 Å². The fourth-order valence-corrected chi connectivity index (χ4v) is 4.99. The number of ether oxygens (including phenoxy) is 1. The third-order valence-corrected chi connectivity index (χ3v) is 6.55. The summed E-state index contributed by atoms with van der Waals surface area (Å²) in [5.41, 5.74) is 0.903. The number of aromatic amines is 1. The zero-order valence-corrected chi connectivity index (χ0v) is 15.7. The highest BCUT2D eigenvalue weighted by molar-refractivity contribution is 7.14. The summed E-state index contributed by atoms with van der Waals surface area (Å²) in [6.45, 7) is 3.25. The Hall–Kier alpha value is -2.45. The van der Waals surface area contributed by atoms with Crippen molar-refractivity contribution in [1.29, 1.82) is 0 Å². The van der Waals surface area contributed by atoms with Crippen molar-refractivity contribution in [1.82, 2.24) is 9.88 Å². The molecule has 0 atom stereocenters. The number of pyridine rings is 1. The monoisotopic (exact) mass is 388 g/mol. The number of aromatic carboxylic acids is 1. The van der Waals surface area contributed by atoms with Gasteiger partial charge < -0.3 is 19.7 Å². The van der Waals surface area contributed by atoms with E-state index in [0.717, 1.165) is 16.9 Å². The summed E-state index contributed by atoms with van der Waals surface area (Å²) >= 11 is 1.31. The number of aryl methyl sites for hydroxylation is 1. The number of nitrogens with one attached hydrogen (secondary N) is 1.